The lowest BCUT2D eigenvalue weighted by Gasteiger charge is -2.39. The van der Waals surface area contributed by atoms with Crippen LogP contribution in [0.3, 0.4) is 0 Å². The summed E-state index contributed by atoms with van der Waals surface area (Å²) in [5, 5.41) is 1.32. The number of ether oxygens (including phenoxy) is 2. The second kappa shape index (κ2) is 11.4. The summed E-state index contributed by atoms with van der Waals surface area (Å²) in [6.07, 6.45) is 5.03. The maximum atomic E-state index is 13.3. The van der Waals surface area contributed by atoms with Gasteiger partial charge in [-0.15, -0.1) is 0 Å². The Labute approximate surface area is 240 Å². The van der Waals surface area contributed by atoms with Gasteiger partial charge in [-0.2, -0.15) is 0 Å². The van der Waals surface area contributed by atoms with Gasteiger partial charge in [0.05, 0.1) is 41.5 Å². The molecule has 3 fully saturated rings. The zero-order valence-electron chi connectivity index (χ0n) is 22.7. The molecule has 2 saturated carbocycles. The Morgan fingerprint density at radius 3 is 2.55 bits per heavy atom. The van der Waals surface area contributed by atoms with Gasteiger partial charge in [0.25, 0.3) is 0 Å². The molecule has 1 atom stereocenters. The van der Waals surface area contributed by atoms with Gasteiger partial charge in [-0.1, -0.05) is 35.9 Å². The first-order chi connectivity index (χ1) is 19.3. The summed E-state index contributed by atoms with van der Waals surface area (Å²) in [6, 6.07) is 12.9. The van der Waals surface area contributed by atoms with Crippen molar-refractivity contribution in [2.75, 3.05) is 26.9 Å². The first-order valence-electron chi connectivity index (χ1n) is 14.1. The number of methoxy groups -OCH3 is 1. The molecule has 3 aliphatic rings. The highest BCUT2D eigenvalue weighted by molar-refractivity contribution is 7.89. The van der Waals surface area contributed by atoms with Crippen LogP contribution in [-0.4, -0.2) is 63.2 Å². The van der Waals surface area contributed by atoms with Crippen molar-refractivity contribution < 1.29 is 22.7 Å². The molecule has 6 rings (SSSR count). The van der Waals surface area contributed by atoms with E-state index in [2.05, 4.69) is 14.6 Å². The molecule has 2 aliphatic carbocycles. The first kappa shape index (κ1) is 27.7. The molecule has 10 heteroatoms. The van der Waals surface area contributed by atoms with Gasteiger partial charge in [-0.3, -0.25) is 4.79 Å². The second-order valence-electron chi connectivity index (χ2n) is 11.3. The maximum Gasteiger partial charge on any atom is 0.240 e. The summed E-state index contributed by atoms with van der Waals surface area (Å²) in [4.78, 5) is 18.9. The van der Waals surface area contributed by atoms with Crippen molar-refractivity contribution in [1.29, 1.82) is 0 Å². The third-order valence-corrected chi connectivity index (χ3v) is 10.5. The molecule has 214 valence electrons. The fourth-order valence-electron chi connectivity index (χ4n) is 6.19. The number of H-pyrrole nitrogens is 1. The van der Waals surface area contributed by atoms with Crippen LogP contribution in [0.2, 0.25) is 5.02 Å². The average Bonchev–Trinajstić information content (AvgIpc) is 3.77. The van der Waals surface area contributed by atoms with E-state index in [-0.39, 0.29) is 28.8 Å². The van der Waals surface area contributed by atoms with E-state index in [1.165, 1.54) is 12.8 Å². The highest BCUT2D eigenvalue weighted by Gasteiger charge is 2.41. The molecular formula is C30H36ClN3O5S. The predicted molar refractivity (Wildman–Crippen MR) is 155 cm³/mol. The summed E-state index contributed by atoms with van der Waals surface area (Å²) < 4.78 is 40.4. The van der Waals surface area contributed by atoms with Gasteiger partial charge in [0, 0.05) is 36.5 Å². The number of nitrogens with one attached hydrogen (secondary N) is 2. The van der Waals surface area contributed by atoms with Gasteiger partial charge in [0.1, 0.15) is 0 Å². The van der Waals surface area contributed by atoms with Crippen LogP contribution in [0.1, 0.15) is 44.1 Å². The number of amides is 1. The Morgan fingerprint density at radius 1 is 1.10 bits per heavy atom. The highest BCUT2D eigenvalue weighted by Crippen LogP contribution is 2.39. The van der Waals surface area contributed by atoms with Crippen LogP contribution < -0.4 is 4.72 Å². The summed E-state index contributed by atoms with van der Waals surface area (Å²) in [5.74, 6) is 0.760. The maximum absolute atomic E-state index is 13.3. The van der Waals surface area contributed by atoms with Crippen molar-refractivity contribution in [1.82, 2.24) is 14.6 Å². The molecule has 0 spiro atoms. The number of aromatic nitrogens is 1. The minimum Gasteiger partial charge on any atom is -0.380 e. The van der Waals surface area contributed by atoms with E-state index in [1.807, 2.05) is 24.3 Å². The predicted octanol–water partition coefficient (Wildman–Crippen LogP) is 5.11. The van der Waals surface area contributed by atoms with E-state index in [0.717, 1.165) is 22.2 Å². The first-order valence-corrected chi connectivity index (χ1v) is 16.0. The van der Waals surface area contributed by atoms with Crippen molar-refractivity contribution in [3.05, 3.63) is 53.1 Å². The molecule has 1 amide bonds. The Hall–Kier alpha value is -2.43. The van der Waals surface area contributed by atoms with E-state index in [1.54, 1.807) is 25.3 Å². The van der Waals surface area contributed by atoms with Crippen LogP contribution in [0.5, 0.6) is 0 Å². The van der Waals surface area contributed by atoms with Crippen molar-refractivity contribution in [2.45, 2.75) is 62.1 Å². The lowest BCUT2D eigenvalue weighted by Crippen LogP contribution is -2.52. The van der Waals surface area contributed by atoms with Crippen LogP contribution in [0.4, 0.5) is 0 Å². The van der Waals surface area contributed by atoms with Crippen LogP contribution in [0, 0.1) is 11.8 Å². The zero-order chi connectivity index (χ0) is 27.9. The quantitative estimate of drug-likeness (QED) is 0.383. The number of rotatable bonds is 8. The Balaban J connectivity index is 1.11. The fraction of sp³-hybridized carbons (Fsp3) is 0.500. The summed E-state index contributed by atoms with van der Waals surface area (Å²) in [7, 11) is -2.08. The third-order valence-electron chi connectivity index (χ3n) is 8.58. The summed E-state index contributed by atoms with van der Waals surface area (Å²) >= 11 is 6.68. The number of benzene rings is 2. The third kappa shape index (κ3) is 5.67. The molecule has 1 saturated heterocycles. The number of carbonyl (C=O) groups is 1. The van der Waals surface area contributed by atoms with Crippen molar-refractivity contribution in [3.63, 3.8) is 0 Å². The Morgan fingerprint density at radius 2 is 1.85 bits per heavy atom. The standard InChI is InChI=1S/C30H36ClN3O5S/c1-38-17-19-2-4-21(5-3-19)29-28(31)25-13-12-24(16-26(25)32-29)40(36,37)33-23-10-8-22(9-11-23)30(35)34-14-15-39-18-27(34)20-6-7-20/h2-5,12-13,16,20,22-23,27,32-33H,6-11,14-15,17-18H2,1H3/t22?,23?,27-/m1/s1. The number of carbonyl (C=O) groups excluding carboxylic acids is 1. The van der Waals surface area contributed by atoms with Crippen LogP contribution in [-0.2, 0) is 30.9 Å². The van der Waals surface area contributed by atoms with Crippen LogP contribution in [0.25, 0.3) is 22.2 Å². The molecule has 0 bridgehead atoms. The van der Waals surface area contributed by atoms with E-state index < -0.39 is 10.0 Å². The van der Waals surface area contributed by atoms with Crippen LogP contribution in [0.15, 0.2) is 47.4 Å². The van der Waals surface area contributed by atoms with E-state index >= 15 is 0 Å². The highest BCUT2D eigenvalue weighted by atomic mass is 35.5. The molecule has 1 aromatic heterocycles. The van der Waals surface area contributed by atoms with Gasteiger partial charge in [-0.05, 0) is 73.8 Å². The number of hydrogen-bond acceptors (Lipinski definition) is 5. The molecule has 0 unspecified atom stereocenters. The SMILES string of the molecule is COCc1ccc(-c2[nH]c3cc(S(=O)(=O)NC4CCC(C(=O)N5CCOC[C@@H]5C5CC5)CC4)ccc3c2Cl)cc1. The molecule has 8 nitrogen and oxygen atoms in total. The number of aromatic amines is 1. The van der Waals surface area contributed by atoms with Crippen molar-refractivity contribution in [2.24, 2.45) is 11.8 Å². The lowest BCUT2D eigenvalue weighted by atomic mass is 9.85. The number of sulfonamides is 1. The van der Waals surface area contributed by atoms with Crippen LogP contribution >= 0.6 is 11.6 Å². The number of hydrogen-bond donors (Lipinski definition) is 2. The van der Waals surface area contributed by atoms with Gasteiger partial charge in [0.2, 0.25) is 15.9 Å². The molecule has 1 aliphatic heterocycles. The van der Waals surface area contributed by atoms with E-state index in [4.69, 9.17) is 21.1 Å². The molecule has 2 aromatic carbocycles. The van der Waals surface area contributed by atoms with Gasteiger partial charge < -0.3 is 19.4 Å². The minimum atomic E-state index is -3.74. The average molecular weight is 586 g/mol. The topological polar surface area (TPSA) is 101 Å². The summed E-state index contributed by atoms with van der Waals surface area (Å²) in [6.45, 7) is 2.44. The largest absolute Gasteiger partial charge is 0.380 e. The van der Waals surface area contributed by atoms with Crippen molar-refractivity contribution in [3.8, 4) is 11.3 Å². The zero-order valence-corrected chi connectivity index (χ0v) is 24.3. The number of halogens is 1. The molecule has 3 aromatic rings. The number of morpholine rings is 1. The number of fused-ring (bicyclic) bond motifs is 1. The Bertz CT molecular complexity index is 1480. The molecular weight excluding hydrogens is 550 g/mol. The normalized spacial score (nSPS) is 23.9. The van der Waals surface area contributed by atoms with Gasteiger partial charge in [0.15, 0.2) is 0 Å². The molecule has 40 heavy (non-hydrogen) atoms. The van der Waals surface area contributed by atoms with E-state index in [0.29, 0.717) is 68.5 Å². The fourth-order valence-corrected chi connectivity index (χ4v) is 7.84. The molecule has 2 N–H and O–H groups in total. The molecule has 0 radical (unpaired) electrons. The minimum absolute atomic E-state index is 0.0421. The van der Waals surface area contributed by atoms with Gasteiger partial charge >= 0.3 is 0 Å². The molecule has 2 heterocycles. The van der Waals surface area contributed by atoms with E-state index in [9.17, 15) is 13.2 Å². The second-order valence-corrected chi connectivity index (χ2v) is 13.4. The smallest absolute Gasteiger partial charge is 0.240 e. The number of nitrogens with zero attached hydrogens (tertiary/aromatic N) is 1. The van der Waals surface area contributed by atoms with Gasteiger partial charge in [-0.25, -0.2) is 13.1 Å². The lowest BCUT2D eigenvalue weighted by molar-refractivity contribution is -0.146. The van der Waals surface area contributed by atoms with Crippen molar-refractivity contribution >= 4 is 38.4 Å². The summed E-state index contributed by atoms with van der Waals surface area (Å²) in [5.41, 5.74) is 3.37. The Kier molecular flexibility index (Phi) is 7.94. The monoisotopic (exact) mass is 585 g/mol.